The molecule has 140 valence electrons. The van der Waals surface area contributed by atoms with Crippen LogP contribution in [0.1, 0.15) is 5.56 Å². The van der Waals surface area contributed by atoms with Gasteiger partial charge in [-0.1, -0.05) is 6.07 Å². The molecule has 0 bridgehead atoms. The minimum Gasteiger partial charge on any atom is -0.494 e. The lowest BCUT2D eigenvalue weighted by atomic mass is 10.2. The van der Waals surface area contributed by atoms with Crippen molar-refractivity contribution in [3.63, 3.8) is 0 Å². The van der Waals surface area contributed by atoms with Crippen LogP contribution in [0.2, 0.25) is 0 Å². The number of nitrogens with one attached hydrogen (secondary N) is 1. The van der Waals surface area contributed by atoms with Crippen molar-refractivity contribution in [1.29, 1.82) is 0 Å². The zero-order valence-electron chi connectivity index (χ0n) is 15.0. The molecule has 26 heavy (non-hydrogen) atoms. The van der Waals surface area contributed by atoms with E-state index >= 15 is 0 Å². The van der Waals surface area contributed by atoms with Gasteiger partial charge in [0.2, 0.25) is 0 Å². The van der Waals surface area contributed by atoms with Gasteiger partial charge in [0.15, 0.2) is 11.6 Å². The zero-order valence-corrected chi connectivity index (χ0v) is 15.0. The molecule has 1 aliphatic rings. The smallest absolute Gasteiger partial charge is 0.165 e. The number of benzene rings is 2. The molecule has 1 fully saturated rings. The molecule has 0 unspecified atom stereocenters. The van der Waals surface area contributed by atoms with Gasteiger partial charge in [-0.15, -0.1) is 0 Å². The molecule has 1 heterocycles. The number of methoxy groups -OCH3 is 1. The third-order valence-electron chi connectivity index (χ3n) is 4.71. The molecule has 2 aromatic carbocycles. The normalized spacial score (nSPS) is 15.3. The molecule has 0 aromatic heterocycles. The summed E-state index contributed by atoms with van der Waals surface area (Å²) in [5.74, 6) is -0.258. The fourth-order valence-corrected chi connectivity index (χ4v) is 3.17. The van der Waals surface area contributed by atoms with Crippen molar-refractivity contribution in [2.45, 2.75) is 6.54 Å². The monoisotopic (exact) mass is 361 g/mol. The van der Waals surface area contributed by atoms with E-state index in [1.807, 2.05) is 18.2 Å². The van der Waals surface area contributed by atoms with Crippen molar-refractivity contribution >= 4 is 5.69 Å². The van der Waals surface area contributed by atoms with Gasteiger partial charge < -0.3 is 15.0 Å². The van der Waals surface area contributed by atoms with E-state index in [-0.39, 0.29) is 17.4 Å². The van der Waals surface area contributed by atoms with Crippen LogP contribution >= 0.6 is 0 Å². The van der Waals surface area contributed by atoms with E-state index in [2.05, 4.69) is 15.1 Å². The highest BCUT2D eigenvalue weighted by Crippen LogP contribution is 2.18. The average molecular weight is 361 g/mol. The quantitative estimate of drug-likeness (QED) is 0.768. The van der Waals surface area contributed by atoms with Crippen LogP contribution in [0.25, 0.3) is 0 Å². The maximum absolute atomic E-state index is 13.7. The standard InChI is InChI=1S/C20H25F2N3O/c1-26-20-7-2-16(14-19(20)22)15-23-8-9-24-10-12-25(13-11-24)18-5-3-17(21)4-6-18/h2-7,14,23H,8-13,15H2,1H3. The highest BCUT2D eigenvalue weighted by molar-refractivity contribution is 5.46. The van der Waals surface area contributed by atoms with Crippen molar-refractivity contribution in [3.05, 3.63) is 59.7 Å². The molecule has 1 aliphatic heterocycles. The number of hydrogen-bond acceptors (Lipinski definition) is 4. The van der Waals surface area contributed by atoms with Crippen LogP contribution in [0.5, 0.6) is 5.75 Å². The third-order valence-corrected chi connectivity index (χ3v) is 4.71. The van der Waals surface area contributed by atoms with Gasteiger partial charge in [-0.25, -0.2) is 8.78 Å². The van der Waals surface area contributed by atoms with Crippen molar-refractivity contribution < 1.29 is 13.5 Å². The lowest BCUT2D eigenvalue weighted by Crippen LogP contribution is -2.48. The van der Waals surface area contributed by atoms with E-state index in [4.69, 9.17) is 4.74 Å². The summed E-state index contributed by atoms with van der Waals surface area (Å²) in [5, 5.41) is 3.36. The number of piperazine rings is 1. The summed E-state index contributed by atoms with van der Waals surface area (Å²) in [6, 6.07) is 11.7. The van der Waals surface area contributed by atoms with Gasteiger partial charge in [0.25, 0.3) is 0 Å². The first-order valence-corrected chi connectivity index (χ1v) is 8.92. The van der Waals surface area contributed by atoms with Crippen LogP contribution in [0.3, 0.4) is 0 Å². The van der Waals surface area contributed by atoms with E-state index in [9.17, 15) is 8.78 Å². The van der Waals surface area contributed by atoms with E-state index in [1.54, 1.807) is 6.07 Å². The SMILES string of the molecule is COc1ccc(CNCCN2CCN(c3ccc(F)cc3)CC2)cc1F. The molecular weight excluding hydrogens is 336 g/mol. The first-order chi connectivity index (χ1) is 12.7. The first kappa shape index (κ1) is 18.6. The molecule has 0 aliphatic carbocycles. The summed E-state index contributed by atoms with van der Waals surface area (Å²) in [4.78, 5) is 4.69. The Morgan fingerprint density at radius 2 is 1.73 bits per heavy atom. The fraction of sp³-hybridized carbons (Fsp3) is 0.400. The van der Waals surface area contributed by atoms with E-state index in [1.165, 1.54) is 25.3 Å². The second kappa shape index (κ2) is 8.96. The number of rotatable bonds is 7. The summed E-state index contributed by atoms with van der Waals surface area (Å²) in [7, 11) is 1.46. The van der Waals surface area contributed by atoms with Crippen molar-refractivity contribution in [2.24, 2.45) is 0 Å². The summed E-state index contributed by atoms with van der Waals surface area (Å²) >= 11 is 0. The van der Waals surface area contributed by atoms with Crippen LogP contribution in [0.15, 0.2) is 42.5 Å². The van der Waals surface area contributed by atoms with E-state index in [0.717, 1.165) is 50.5 Å². The van der Waals surface area contributed by atoms with Crippen LogP contribution in [-0.2, 0) is 6.54 Å². The Morgan fingerprint density at radius 1 is 1.00 bits per heavy atom. The van der Waals surface area contributed by atoms with Crippen molar-refractivity contribution in [3.8, 4) is 5.75 Å². The second-order valence-electron chi connectivity index (χ2n) is 6.45. The predicted molar refractivity (Wildman–Crippen MR) is 99.7 cm³/mol. The molecular formula is C20H25F2N3O. The maximum atomic E-state index is 13.7. The van der Waals surface area contributed by atoms with Gasteiger partial charge >= 0.3 is 0 Å². The minimum absolute atomic E-state index is 0.199. The molecule has 2 aromatic rings. The molecule has 4 nitrogen and oxygen atoms in total. The van der Waals surface area contributed by atoms with E-state index < -0.39 is 0 Å². The maximum Gasteiger partial charge on any atom is 0.165 e. The van der Waals surface area contributed by atoms with Crippen LogP contribution in [0, 0.1) is 11.6 Å². The van der Waals surface area contributed by atoms with Gasteiger partial charge in [-0.05, 0) is 42.0 Å². The topological polar surface area (TPSA) is 27.7 Å². The molecule has 1 N–H and O–H groups in total. The Kier molecular flexibility index (Phi) is 6.41. The Balaban J connectivity index is 1.36. The Labute approximate surface area is 153 Å². The Hall–Kier alpha value is -2.18. The number of ether oxygens (including phenoxy) is 1. The van der Waals surface area contributed by atoms with Crippen molar-refractivity contribution in [1.82, 2.24) is 10.2 Å². The highest BCUT2D eigenvalue weighted by Gasteiger charge is 2.16. The van der Waals surface area contributed by atoms with Gasteiger partial charge in [0.05, 0.1) is 7.11 Å². The third kappa shape index (κ3) is 4.93. The Bertz CT molecular complexity index is 701. The molecule has 0 saturated carbocycles. The Morgan fingerprint density at radius 3 is 2.38 bits per heavy atom. The van der Waals surface area contributed by atoms with E-state index in [0.29, 0.717) is 6.54 Å². The molecule has 0 radical (unpaired) electrons. The summed E-state index contributed by atoms with van der Waals surface area (Å²) < 4.78 is 31.6. The number of hydrogen-bond donors (Lipinski definition) is 1. The second-order valence-corrected chi connectivity index (χ2v) is 6.45. The molecule has 3 rings (SSSR count). The zero-order chi connectivity index (χ0) is 18.4. The largest absolute Gasteiger partial charge is 0.494 e. The summed E-state index contributed by atoms with van der Waals surface area (Å²) in [6.07, 6.45) is 0. The van der Waals surface area contributed by atoms with Crippen LogP contribution < -0.4 is 15.0 Å². The lowest BCUT2D eigenvalue weighted by Gasteiger charge is -2.36. The highest BCUT2D eigenvalue weighted by atomic mass is 19.1. The fourth-order valence-electron chi connectivity index (χ4n) is 3.17. The van der Waals surface area contributed by atoms with Gasteiger partial charge in [-0.3, -0.25) is 4.90 Å². The molecule has 0 spiro atoms. The van der Waals surface area contributed by atoms with Crippen LogP contribution in [0.4, 0.5) is 14.5 Å². The lowest BCUT2D eigenvalue weighted by molar-refractivity contribution is 0.257. The molecule has 1 saturated heterocycles. The van der Waals surface area contributed by atoms with Crippen molar-refractivity contribution in [2.75, 3.05) is 51.3 Å². The molecule has 0 atom stereocenters. The van der Waals surface area contributed by atoms with Gasteiger partial charge in [0, 0.05) is 51.5 Å². The predicted octanol–water partition coefficient (Wildman–Crippen LogP) is 2.89. The molecule has 6 heteroatoms. The van der Waals surface area contributed by atoms with Crippen LogP contribution in [-0.4, -0.2) is 51.3 Å². The number of halogens is 2. The number of anilines is 1. The minimum atomic E-state index is -0.330. The first-order valence-electron chi connectivity index (χ1n) is 8.92. The van der Waals surface area contributed by atoms with Gasteiger partial charge in [-0.2, -0.15) is 0 Å². The number of nitrogens with zero attached hydrogens (tertiary/aromatic N) is 2. The average Bonchev–Trinajstić information content (AvgIpc) is 2.66. The molecule has 0 amide bonds. The summed E-state index contributed by atoms with van der Waals surface area (Å²) in [5.41, 5.74) is 1.98. The summed E-state index contributed by atoms with van der Waals surface area (Å²) in [6.45, 7) is 6.29. The van der Waals surface area contributed by atoms with Gasteiger partial charge in [0.1, 0.15) is 5.82 Å².